The standard InChI is InChI=1S/C31H42F3N5O4/c1-6-21-19-38(29(41)43-28(30(3,4)5)31(32,33)34)16-17-39(21)24-13-12-23(22-10-8-9-11-25(22)42-7-2)37-26(24)27(40)36-20-14-15-35-18-20/h8-13,20-21,28,35H,6-7,14-19H2,1-5H3,(H,36,40)/t20-,21-,28?/m1/s1. The highest BCUT2D eigenvalue weighted by atomic mass is 19.4. The molecule has 2 aromatic rings. The summed E-state index contributed by atoms with van der Waals surface area (Å²) in [6.07, 6.45) is -6.54. The van der Waals surface area contributed by atoms with Crippen LogP contribution in [0, 0.1) is 5.41 Å². The molecule has 2 saturated heterocycles. The number of hydrogen-bond donors (Lipinski definition) is 2. The monoisotopic (exact) mass is 605 g/mol. The predicted octanol–water partition coefficient (Wildman–Crippen LogP) is 5.25. The lowest BCUT2D eigenvalue weighted by atomic mass is 9.88. The SMILES string of the molecule is CCOc1ccccc1-c1ccc(N2CCN(C(=O)OC(C(C)(C)C)C(F)(F)F)C[C@H]2CC)c(C(=O)N[C@@H]2CCNC2)n1. The summed E-state index contributed by atoms with van der Waals surface area (Å²) >= 11 is 0. The average molecular weight is 606 g/mol. The summed E-state index contributed by atoms with van der Waals surface area (Å²) in [6.45, 7) is 10.5. The van der Waals surface area contributed by atoms with Gasteiger partial charge in [0, 0.05) is 49.2 Å². The number of hydrogen-bond acceptors (Lipinski definition) is 7. The maximum Gasteiger partial charge on any atom is 0.426 e. The number of nitrogens with zero attached hydrogens (tertiary/aromatic N) is 3. The van der Waals surface area contributed by atoms with E-state index in [2.05, 4.69) is 10.6 Å². The van der Waals surface area contributed by atoms with Crippen molar-refractivity contribution in [2.45, 2.75) is 71.8 Å². The van der Waals surface area contributed by atoms with Crippen molar-refractivity contribution < 1.29 is 32.2 Å². The first-order valence-electron chi connectivity index (χ1n) is 14.9. The minimum Gasteiger partial charge on any atom is -0.493 e. The molecule has 12 heteroatoms. The summed E-state index contributed by atoms with van der Waals surface area (Å²) in [6, 6.07) is 10.9. The molecule has 1 unspecified atom stereocenters. The number of amides is 2. The third-order valence-electron chi connectivity index (χ3n) is 7.77. The van der Waals surface area contributed by atoms with Crippen molar-refractivity contribution in [3.05, 3.63) is 42.1 Å². The second kappa shape index (κ2) is 13.4. The Morgan fingerprint density at radius 1 is 1.12 bits per heavy atom. The predicted molar refractivity (Wildman–Crippen MR) is 158 cm³/mol. The van der Waals surface area contributed by atoms with E-state index in [0.29, 0.717) is 43.2 Å². The van der Waals surface area contributed by atoms with Gasteiger partial charge in [0.15, 0.2) is 5.69 Å². The van der Waals surface area contributed by atoms with Crippen molar-refractivity contribution >= 4 is 17.7 Å². The molecule has 0 bridgehead atoms. The number of rotatable bonds is 8. The molecule has 4 rings (SSSR count). The van der Waals surface area contributed by atoms with Gasteiger partial charge in [0.25, 0.3) is 5.91 Å². The zero-order valence-electron chi connectivity index (χ0n) is 25.5. The Labute approximate surface area is 251 Å². The van der Waals surface area contributed by atoms with E-state index in [-0.39, 0.29) is 36.8 Å². The number of carbonyl (C=O) groups is 2. The third-order valence-corrected chi connectivity index (χ3v) is 7.77. The van der Waals surface area contributed by atoms with Crippen LogP contribution in [0.15, 0.2) is 36.4 Å². The summed E-state index contributed by atoms with van der Waals surface area (Å²) in [7, 11) is 0. The number of anilines is 1. The number of carbonyl (C=O) groups excluding carboxylic acids is 2. The van der Waals surface area contributed by atoms with Crippen LogP contribution in [0.3, 0.4) is 0 Å². The highest BCUT2D eigenvalue weighted by molar-refractivity contribution is 5.99. The normalized spacial score (nSPS) is 20.1. The first-order valence-corrected chi connectivity index (χ1v) is 14.9. The van der Waals surface area contributed by atoms with Crippen LogP contribution in [0.25, 0.3) is 11.3 Å². The molecule has 1 aromatic heterocycles. The number of nitrogens with one attached hydrogen (secondary N) is 2. The van der Waals surface area contributed by atoms with Crippen molar-refractivity contribution in [3.8, 4) is 17.0 Å². The topological polar surface area (TPSA) is 96.0 Å². The molecule has 1 aromatic carbocycles. The Morgan fingerprint density at radius 2 is 1.86 bits per heavy atom. The van der Waals surface area contributed by atoms with Crippen LogP contribution >= 0.6 is 0 Å². The fourth-order valence-corrected chi connectivity index (χ4v) is 5.59. The fourth-order valence-electron chi connectivity index (χ4n) is 5.59. The highest BCUT2D eigenvalue weighted by Gasteiger charge is 2.50. The Hall–Kier alpha value is -3.54. The lowest BCUT2D eigenvalue weighted by Crippen LogP contribution is -2.56. The van der Waals surface area contributed by atoms with E-state index in [1.165, 1.54) is 25.7 Å². The van der Waals surface area contributed by atoms with Gasteiger partial charge in [-0.3, -0.25) is 4.79 Å². The minimum absolute atomic E-state index is 0.0282. The van der Waals surface area contributed by atoms with E-state index in [4.69, 9.17) is 14.5 Å². The van der Waals surface area contributed by atoms with Gasteiger partial charge in [-0.15, -0.1) is 0 Å². The molecule has 2 amide bonds. The summed E-state index contributed by atoms with van der Waals surface area (Å²) in [4.78, 5) is 34.8. The molecular formula is C31H42F3N5O4. The van der Waals surface area contributed by atoms with Crippen LogP contribution < -0.4 is 20.3 Å². The molecule has 2 aliphatic rings. The molecule has 2 aliphatic heterocycles. The third kappa shape index (κ3) is 7.70. The smallest absolute Gasteiger partial charge is 0.426 e. The summed E-state index contributed by atoms with van der Waals surface area (Å²) in [5, 5.41) is 6.34. The van der Waals surface area contributed by atoms with Gasteiger partial charge in [-0.1, -0.05) is 39.8 Å². The molecule has 0 saturated carbocycles. The van der Waals surface area contributed by atoms with Crippen LogP contribution in [-0.2, 0) is 4.74 Å². The molecule has 2 N–H and O–H groups in total. The van der Waals surface area contributed by atoms with E-state index in [9.17, 15) is 22.8 Å². The maximum atomic E-state index is 13.7. The van der Waals surface area contributed by atoms with Gasteiger partial charge in [0.1, 0.15) is 5.75 Å². The van der Waals surface area contributed by atoms with Crippen molar-refractivity contribution in [3.63, 3.8) is 0 Å². The zero-order valence-corrected chi connectivity index (χ0v) is 25.5. The molecule has 43 heavy (non-hydrogen) atoms. The first kappa shape index (κ1) is 32.4. The van der Waals surface area contributed by atoms with Crippen molar-refractivity contribution in [2.75, 3.05) is 44.2 Å². The summed E-state index contributed by atoms with van der Waals surface area (Å²) in [5.41, 5.74) is 0.868. The molecule has 9 nitrogen and oxygen atoms in total. The number of para-hydroxylation sites is 1. The molecule has 2 fully saturated rings. The van der Waals surface area contributed by atoms with Crippen LogP contribution in [0.1, 0.15) is 57.9 Å². The maximum absolute atomic E-state index is 13.7. The number of alkyl halides is 3. The Bertz CT molecular complexity index is 1260. The summed E-state index contributed by atoms with van der Waals surface area (Å²) < 4.78 is 51.9. The van der Waals surface area contributed by atoms with E-state index in [0.717, 1.165) is 18.5 Å². The number of aromatic nitrogens is 1. The van der Waals surface area contributed by atoms with E-state index in [1.54, 1.807) is 0 Å². The Kier molecular flexibility index (Phi) is 10.1. The second-order valence-corrected chi connectivity index (χ2v) is 12.0. The highest BCUT2D eigenvalue weighted by Crippen LogP contribution is 2.37. The number of ether oxygens (including phenoxy) is 2. The number of piperazine rings is 1. The van der Waals surface area contributed by atoms with Gasteiger partial charge in [-0.2, -0.15) is 13.2 Å². The molecule has 0 aliphatic carbocycles. The van der Waals surface area contributed by atoms with Gasteiger partial charge in [0.2, 0.25) is 6.10 Å². The Balaban J connectivity index is 1.62. The molecule has 3 atom stereocenters. The van der Waals surface area contributed by atoms with Crippen LogP contribution in [0.4, 0.5) is 23.7 Å². The Morgan fingerprint density at radius 3 is 2.49 bits per heavy atom. The van der Waals surface area contributed by atoms with Crippen LogP contribution in [0.2, 0.25) is 0 Å². The van der Waals surface area contributed by atoms with Gasteiger partial charge in [-0.05, 0) is 50.6 Å². The van der Waals surface area contributed by atoms with Gasteiger partial charge >= 0.3 is 12.3 Å². The van der Waals surface area contributed by atoms with Crippen molar-refractivity contribution in [1.82, 2.24) is 20.5 Å². The molecule has 3 heterocycles. The molecule has 0 spiro atoms. The number of halogens is 3. The summed E-state index contributed by atoms with van der Waals surface area (Å²) in [5.74, 6) is 0.344. The van der Waals surface area contributed by atoms with Gasteiger partial charge in [-0.25, -0.2) is 9.78 Å². The second-order valence-electron chi connectivity index (χ2n) is 12.0. The number of benzene rings is 1. The minimum atomic E-state index is -4.69. The largest absolute Gasteiger partial charge is 0.493 e. The van der Waals surface area contributed by atoms with Crippen molar-refractivity contribution in [1.29, 1.82) is 0 Å². The van der Waals surface area contributed by atoms with E-state index < -0.39 is 23.8 Å². The molecular weight excluding hydrogens is 563 g/mol. The van der Waals surface area contributed by atoms with Gasteiger partial charge < -0.3 is 29.9 Å². The average Bonchev–Trinajstić information content (AvgIpc) is 3.47. The lowest BCUT2D eigenvalue weighted by molar-refractivity contribution is -0.232. The lowest BCUT2D eigenvalue weighted by Gasteiger charge is -2.43. The first-order chi connectivity index (χ1) is 20.3. The van der Waals surface area contributed by atoms with Crippen LogP contribution in [0.5, 0.6) is 5.75 Å². The number of pyridine rings is 1. The quantitative estimate of drug-likeness (QED) is 0.424. The van der Waals surface area contributed by atoms with Gasteiger partial charge in [0.05, 0.1) is 18.0 Å². The zero-order chi connectivity index (χ0) is 31.4. The molecule has 0 radical (unpaired) electrons. The fraction of sp³-hybridized carbons (Fsp3) is 0.581. The molecule has 236 valence electrons. The van der Waals surface area contributed by atoms with E-state index >= 15 is 0 Å². The van der Waals surface area contributed by atoms with Crippen molar-refractivity contribution in [2.24, 2.45) is 5.41 Å². The van der Waals surface area contributed by atoms with E-state index in [1.807, 2.05) is 55.1 Å². The van der Waals surface area contributed by atoms with Crippen LogP contribution in [-0.4, -0.2) is 85.6 Å².